The van der Waals surface area contributed by atoms with Crippen molar-refractivity contribution in [1.82, 2.24) is 0 Å². The highest BCUT2D eigenvalue weighted by molar-refractivity contribution is 5.67. The number of alkyl halides is 2. The lowest BCUT2D eigenvalue weighted by Gasteiger charge is -2.13. The highest BCUT2D eigenvalue weighted by atomic mass is 19.3. The molecular weight excluding hydrogens is 304 g/mol. The van der Waals surface area contributed by atoms with Gasteiger partial charge in [0.1, 0.15) is 5.75 Å². The normalized spacial score (nSPS) is 12.2. The number of carboxylic acid groups (broad SMARTS) is 1. The number of aliphatic carboxylic acids is 1. The lowest BCUT2D eigenvalue weighted by Crippen LogP contribution is -2.15. The van der Waals surface area contributed by atoms with Crippen molar-refractivity contribution in [2.75, 3.05) is 0 Å². The van der Waals surface area contributed by atoms with Crippen LogP contribution in [-0.2, 0) is 11.2 Å². The van der Waals surface area contributed by atoms with E-state index in [1.54, 1.807) is 36.4 Å². The minimum absolute atomic E-state index is 0.128. The van der Waals surface area contributed by atoms with E-state index >= 15 is 0 Å². The summed E-state index contributed by atoms with van der Waals surface area (Å²) in [5.41, 5.74) is 8.00. The van der Waals surface area contributed by atoms with Gasteiger partial charge in [-0.2, -0.15) is 8.78 Å². The van der Waals surface area contributed by atoms with Gasteiger partial charge in [-0.1, -0.05) is 42.5 Å². The monoisotopic (exact) mass is 321 g/mol. The molecule has 0 fully saturated rings. The Kier molecular flexibility index (Phi) is 5.65. The standard InChI is InChI=1S/C17H17F2NO3/c18-17(19)23-15-7-2-1-5-13(15)9-11-4-3-6-12(8-11)14(20)10-16(21)22/h1-8,14,17H,9-10,20H2,(H,21,22). The highest BCUT2D eigenvalue weighted by Gasteiger charge is 2.13. The molecule has 0 aromatic heterocycles. The minimum atomic E-state index is -2.88. The molecule has 0 bridgehead atoms. The maximum atomic E-state index is 12.4. The molecule has 0 saturated carbocycles. The van der Waals surface area contributed by atoms with Gasteiger partial charge in [0.05, 0.1) is 6.42 Å². The number of benzene rings is 2. The molecule has 0 aliphatic rings. The summed E-state index contributed by atoms with van der Waals surface area (Å²) < 4.78 is 29.4. The summed E-state index contributed by atoms with van der Waals surface area (Å²) in [4.78, 5) is 10.7. The summed E-state index contributed by atoms with van der Waals surface area (Å²) in [7, 11) is 0. The second-order valence-corrected chi connectivity index (χ2v) is 5.11. The highest BCUT2D eigenvalue weighted by Crippen LogP contribution is 2.24. The van der Waals surface area contributed by atoms with Gasteiger partial charge in [-0.3, -0.25) is 4.79 Å². The molecule has 1 unspecified atom stereocenters. The Hall–Kier alpha value is -2.47. The van der Waals surface area contributed by atoms with Crippen LogP contribution in [0.5, 0.6) is 5.75 Å². The van der Waals surface area contributed by atoms with Gasteiger partial charge >= 0.3 is 12.6 Å². The maximum Gasteiger partial charge on any atom is 0.387 e. The molecule has 0 spiro atoms. The Bertz CT molecular complexity index is 676. The molecular formula is C17H17F2NO3. The number of nitrogens with two attached hydrogens (primary N) is 1. The Labute approximate surface area is 132 Å². The van der Waals surface area contributed by atoms with E-state index in [0.29, 0.717) is 17.5 Å². The van der Waals surface area contributed by atoms with E-state index in [1.807, 2.05) is 6.07 Å². The molecule has 1 atom stereocenters. The van der Waals surface area contributed by atoms with Crippen molar-refractivity contribution >= 4 is 5.97 Å². The second-order valence-electron chi connectivity index (χ2n) is 5.11. The third-order valence-corrected chi connectivity index (χ3v) is 3.36. The smallest absolute Gasteiger partial charge is 0.387 e. The van der Waals surface area contributed by atoms with Crippen molar-refractivity contribution in [3.8, 4) is 5.75 Å². The Morgan fingerprint density at radius 1 is 1.17 bits per heavy atom. The molecule has 2 rings (SSSR count). The second kappa shape index (κ2) is 7.69. The summed E-state index contributed by atoms with van der Waals surface area (Å²) in [5, 5.41) is 8.80. The van der Waals surface area contributed by atoms with Crippen LogP contribution in [0, 0.1) is 0 Å². The SMILES string of the molecule is NC(CC(=O)O)c1cccc(Cc2ccccc2OC(F)F)c1. The van der Waals surface area contributed by atoms with E-state index in [0.717, 1.165) is 5.56 Å². The van der Waals surface area contributed by atoms with Crippen molar-refractivity contribution in [2.24, 2.45) is 5.73 Å². The minimum Gasteiger partial charge on any atom is -0.481 e. The van der Waals surface area contributed by atoms with Gasteiger partial charge in [0, 0.05) is 12.5 Å². The zero-order valence-corrected chi connectivity index (χ0v) is 12.3. The summed E-state index contributed by atoms with van der Waals surface area (Å²) in [6.07, 6.45) is 0.213. The van der Waals surface area contributed by atoms with Crippen molar-refractivity contribution in [2.45, 2.75) is 25.5 Å². The predicted octanol–water partition coefficient (Wildman–Crippen LogP) is 3.35. The van der Waals surface area contributed by atoms with E-state index in [1.165, 1.54) is 6.07 Å². The number of para-hydroxylation sites is 1. The molecule has 0 heterocycles. The molecule has 2 aromatic rings. The first kappa shape index (κ1) is 16.9. The third-order valence-electron chi connectivity index (χ3n) is 3.36. The van der Waals surface area contributed by atoms with E-state index in [-0.39, 0.29) is 12.2 Å². The number of rotatable bonds is 7. The number of hydrogen-bond donors (Lipinski definition) is 2. The number of carbonyl (C=O) groups is 1. The van der Waals surface area contributed by atoms with E-state index < -0.39 is 18.6 Å². The molecule has 0 saturated heterocycles. The van der Waals surface area contributed by atoms with Gasteiger partial charge in [0.15, 0.2) is 0 Å². The van der Waals surface area contributed by atoms with Crippen LogP contribution in [0.1, 0.15) is 29.2 Å². The molecule has 0 radical (unpaired) electrons. The number of halogens is 2. The Morgan fingerprint density at radius 2 is 1.91 bits per heavy atom. The van der Waals surface area contributed by atoms with Crippen LogP contribution in [0.2, 0.25) is 0 Å². The zero-order chi connectivity index (χ0) is 16.8. The van der Waals surface area contributed by atoms with Gasteiger partial charge in [-0.15, -0.1) is 0 Å². The van der Waals surface area contributed by atoms with Crippen LogP contribution in [0.4, 0.5) is 8.78 Å². The van der Waals surface area contributed by atoms with Crippen LogP contribution in [-0.4, -0.2) is 17.7 Å². The van der Waals surface area contributed by atoms with Crippen molar-refractivity contribution in [3.63, 3.8) is 0 Å². The number of ether oxygens (including phenoxy) is 1. The fourth-order valence-electron chi connectivity index (χ4n) is 2.32. The average molecular weight is 321 g/mol. The van der Waals surface area contributed by atoms with Crippen LogP contribution < -0.4 is 10.5 Å². The average Bonchev–Trinajstić information content (AvgIpc) is 2.48. The molecule has 4 nitrogen and oxygen atoms in total. The van der Waals surface area contributed by atoms with Gasteiger partial charge in [0.2, 0.25) is 0 Å². The summed E-state index contributed by atoms with van der Waals surface area (Å²) in [6, 6.07) is 13.1. The molecule has 6 heteroatoms. The number of carboxylic acids is 1. The van der Waals surface area contributed by atoms with E-state index in [9.17, 15) is 13.6 Å². The van der Waals surface area contributed by atoms with Crippen LogP contribution in [0.3, 0.4) is 0 Å². The summed E-state index contributed by atoms with van der Waals surface area (Å²) in [6.45, 7) is -2.88. The van der Waals surface area contributed by atoms with Gasteiger partial charge in [0.25, 0.3) is 0 Å². The zero-order valence-electron chi connectivity index (χ0n) is 12.3. The van der Waals surface area contributed by atoms with Gasteiger partial charge in [-0.25, -0.2) is 0 Å². The first-order valence-electron chi connectivity index (χ1n) is 7.04. The quantitative estimate of drug-likeness (QED) is 0.820. The lowest BCUT2D eigenvalue weighted by molar-refractivity contribution is -0.137. The van der Waals surface area contributed by atoms with Gasteiger partial charge in [-0.05, 0) is 22.8 Å². The van der Waals surface area contributed by atoms with Crippen LogP contribution in [0.15, 0.2) is 48.5 Å². The molecule has 0 aliphatic carbocycles. The number of hydrogen-bond acceptors (Lipinski definition) is 3. The first-order chi connectivity index (χ1) is 11.0. The van der Waals surface area contributed by atoms with Crippen molar-refractivity contribution in [3.05, 3.63) is 65.2 Å². The Morgan fingerprint density at radius 3 is 2.61 bits per heavy atom. The van der Waals surface area contributed by atoms with Crippen LogP contribution >= 0.6 is 0 Å². The maximum absolute atomic E-state index is 12.4. The van der Waals surface area contributed by atoms with Crippen molar-refractivity contribution in [1.29, 1.82) is 0 Å². The largest absolute Gasteiger partial charge is 0.481 e. The molecule has 0 amide bonds. The van der Waals surface area contributed by atoms with Crippen LogP contribution in [0.25, 0.3) is 0 Å². The van der Waals surface area contributed by atoms with E-state index in [2.05, 4.69) is 4.74 Å². The predicted molar refractivity (Wildman–Crippen MR) is 81.5 cm³/mol. The first-order valence-corrected chi connectivity index (χ1v) is 7.04. The molecule has 122 valence electrons. The van der Waals surface area contributed by atoms with Gasteiger partial charge < -0.3 is 15.6 Å². The summed E-state index contributed by atoms with van der Waals surface area (Å²) >= 11 is 0. The topological polar surface area (TPSA) is 72.6 Å². The molecule has 2 aromatic carbocycles. The van der Waals surface area contributed by atoms with Crippen molar-refractivity contribution < 1.29 is 23.4 Å². The molecule has 3 N–H and O–H groups in total. The fourth-order valence-corrected chi connectivity index (χ4v) is 2.32. The Balaban J connectivity index is 2.19. The fraction of sp³-hybridized carbons (Fsp3) is 0.235. The van der Waals surface area contributed by atoms with E-state index in [4.69, 9.17) is 10.8 Å². The molecule has 0 aliphatic heterocycles. The third kappa shape index (κ3) is 5.03. The lowest BCUT2D eigenvalue weighted by atomic mass is 9.98. The molecule has 23 heavy (non-hydrogen) atoms. The summed E-state index contributed by atoms with van der Waals surface area (Å²) in [5.74, 6) is -0.846.